The normalized spacial score (nSPS) is 12.1. The van der Waals surface area contributed by atoms with Gasteiger partial charge in [-0.1, -0.05) is 103 Å². The molecule has 7 aromatic carbocycles. The summed E-state index contributed by atoms with van der Waals surface area (Å²) in [4.78, 5) is 5.18. The van der Waals surface area contributed by atoms with Gasteiger partial charge in [0, 0.05) is 43.9 Å². The number of benzene rings is 7. The van der Waals surface area contributed by atoms with Crippen molar-refractivity contribution in [2.45, 2.75) is 0 Å². The molecule has 4 aromatic heterocycles. The minimum atomic E-state index is 0.924. The summed E-state index contributed by atoms with van der Waals surface area (Å²) in [5.74, 6) is 0.924. The largest absolute Gasteiger partial charge is 0.309 e. The summed E-state index contributed by atoms with van der Waals surface area (Å²) in [6, 6.07) is 61.2. The number of hydrogen-bond donors (Lipinski definition) is 0. The fourth-order valence-electron chi connectivity index (χ4n) is 8.09. The van der Waals surface area contributed by atoms with Crippen molar-refractivity contribution < 1.29 is 0 Å². The Kier molecular flexibility index (Phi) is 5.35. The van der Waals surface area contributed by atoms with Gasteiger partial charge in [-0.2, -0.15) is 0 Å². The average Bonchev–Trinajstić information content (AvgIpc) is 3.84. The summed E-state index contributed by atoms with van der Waals surface area (Å²) >= 11 is 0. The lowest BCUT2D eigenvalue weighted by Gasteiger charge is -2.13. The minimum absolute atomic E-state index is 0.924. The zero-order valence-electron chi connectivity index (χ0n) is 26.5. The number of aromatic nitrogens is 4. The number of fused-ring (bicyclic) bond motifs is 12. The van der Waals surface area contributed by atoms with Crippen molar-refractivity contribution in [2.24, 2.45) is 0 Å². The SMILES string of the molecule is c1ccc(-n2c(-c3cccc(-n4c5ccccc5c5cc6cc7c8ccccc8c8ccccc8n7c6cc54)c3)nc3ccccc32)cc1. The van der Waals surface area contributed by atoms with Crippen LogP contribution in [0.15, 0.2) is 170 Å². The highest BCUT2D eigenvalue weighted by Gasteiger charge is 2.19. The third-order valence-corrected chi connectivity index (χ3v) is 10.2. The zero-order chi connectivity index (χ0) is 32.1. The first-order valence-electron chi connectivity index (χ1n) is 16.7. The van der Waals surface area contributed by atoms with Crippen LogP contribution in [0.1, 0.15) is 0 Å². The third-order valence-electron chi connectivity index (χ3n) is 10.2. The predicted octanol–water partition coefficient (Wildman–Crippen LogP) is 11.5. The average molecular weight is 625 g/mol. The molecule has 0 atom stereocenters. The lowest BCUT2D eigenvalue weighted by Crippen LogP contribution is -1.99. The lowest BCUT2D eigenvalue weighted by atomic mass is 10.1. The first kappa shape index (κ1) is 26.4. The van der Waals surface area contributed by atoms with E-state index in [1.165, 1.54) is 59.9 Å². The summed E-state index contributed by atoms with van der Waals surface area (Å²) < 4.78 is 7.14. The van der Waals surface area contributed by atoms with Crippen molar-refractivity contribution >= 4 is 70.9 Å². The standard InChI is InChI=1S/C45H28N4/c1-2-14-31(15-3-1)48-41-24-11-8-21-38(41)46-45(48)29-13-12-16-32(25-29)47-39-22-9-7-20-36(39)37-26-30-27-43-35-19-5-4-17-33(35)34-18-6-10-23-40(34)49(43)42(30)28-44(37)47/h1-28H. The molecule has 0 fully saturated rings. The van der Waals surface area contributed by atoms with Crippen LogP contribution in [-0.4, -0.2) is 18.5 Å². The molecule has 11 aromatic rings. The second kappa shape index (κ2) is 9.93. The molecule has 0 saturated heterocycles. The monoisotopic (exact) mass is 624 g/mol. The van der Waals surface area contributed by atoms with Crippen molar-refractivity contribution in [1.82, 2.24) is 18.5 Å². The van der Waals surface area contributed by atoms with Crippen LogP contribution >= 0.6 is 0 Å². The molecule has 0 spiro atoms. The van der Waals surface area contributed by atoms with Crippen molar-refractivity contribution in [3.8, 4) is 22.8 Å². The molecule has 0 aliphatic carbocycles. The Balaban J connectivity index is 1.21. The molecule has 228 valence electrons. The quantitative estimate of drug-likeness (QED) is 0.180. The van der Waals surface area contributed by atoms with E-state index in [2.05, 4.69) is 183 Å². The van der Waals surface area contributed by atoms with Gasteiger partial charge in [-0.3, -0.25) is 4.57 Å². The molecular formula is C45H28N4. The Morgan fingerprint density at radius 1 is 0.347 bits per heavy atom. The Morgan fingerprint density at radius 2 is 0.980 bits per heavy atom. The van der Waals surface area contributed by atoms with E-state index in [0.29, 0.717) is 0 Å². The highest BCUT2D eigenvalue weighted by atomic mass is 15.1. The number of hydrogen-bond acceptors (Lipinski definition) is 1. The fourth-order valence-corrected chi connectivity index (χ4v) is 8.09. The fraction of sp³-hybridized carbons (Fsp3) is 0. The van der Waals surface area contributed by atoms with E-state index < -0.39 is 0 Å². The van der Waals surface area contributed by atoms with Gasteiger partial charge >= 0.3 is 0 Å². The molecule has 0 bridgehead atoms. The smallest absolute Gasteiger partial charge is 0.145 e. The Hall–Kier alpha value is -6.65. The van der Waals surface area contributed by atoms with E-state index in [1.54, 1.807) is 0 Å². The minimum Gasteiger partial charge on any atom is -0.309 e. The number of para-hydroxylation sites is 5. The highest BCUT2D eigenvalue weighted by molar-refractivity contribution is 6.19. The van der Waals surface area contributed by atoms with Gasteiger partial charge in [0.15, 0.2) is 0 Å². The molecular weight excluding hydrogens is 597 g/mol. The van der Waals surface area contributed by atoms with Gasteiger partial charge in [0.2, 0.25) is 0 Å². The van der Waals surface area contributed by atoms with E-state index in [9.17, 15) is 0 Å². The number of nitrogens with zero attached hydrogens (tertiary/aromatic N) is 4. The second-order valence-corrected chi connectivity index (χ2v) is 12.9. The molecule has 0 unspecified atom stereocenters. The van der Waals surface area contributed by atoms with Gasteiger partial charge in [0.1, 0.15) is 5.82 Å². The van der Waals surface area contributed by atoms with Gasteiger partial charge in [-0.05, 0) is 72.1 Å². The van der Waals surface area contributed by atoms with E-state index in [0.717, 1.165) is 33.8 Å². The summed E-state index contributed by atoms with van der Waals surface area (Å²) in [5.41, 5.74) is 11.3. The van der Waals surface area contributed by atoms with E-state index in [1.807, 2.05) is 0 Å². The molecule has 0 aliphatic heterocycles. The Bertz CT molecular complexity index is 3100. The lowest BCUT2D eigenvalue weighted by molar-refractivity contribution is 1.10. The summed E-state index contributed by atoms with van der Waals surface area (Å²) in [6.45, 7) is 0. The van der Waals surface area contributed by atoms with Gasteiger partial charge in [-0.15, -0.1) is 0 Å². The maximum absolute atomic E-state index is 5.18. The zero-order valence-corrected chi connectivity index (χ0v) is 26.5. The molecule has 4 heteroatoms. The van der Waals surface area contributed by atoms with Crippen LogP contribution in [0.5, 0.6) is 0 Å². The van der Waals surface area contributed by atoms with Crippen molar-refractivity contribution in [2.75, 3.05) is 0 Å². The van der Waals surface area contributed by atoms with Crippen molar-refractivity contribution in [3.05, 3.63) is 170 Å². The van der Waals surface area contributed by atoms with E-state index >= 15 is 0 Å². The summed E-state index contributed by atoms with van der Waals surface area (Å²) in [5, 5.41) is 7.54. The van der Waals surface area contributed by atoms with Gasteiger partial charge in [-0.25, -0.2) is 4.98 Å². The molecule has 0 aliphatic rings. The molecule has 0 N–H and O–H groups in total. The molecule has 0 radical (unpaired) electrons. The van der Waals surface area contributed by atoms with Gasteiger partial charge < -0.3 is 8.97 Å². The summed E-state index contributed by atoms with van der Waals surface area (Å²) in [6.07, 6.45) is 0. The van der Waals surface area contributed by atoms with Gasteiger partial charge in [0.05, 0.1) is 38.6 Å². The van der Waals surface area contributed by atoms with Crippen LogP contribution < -0.4 is 0 Å². The second-order valence-electron chi connectivity index (χ2n) is 12.9. The predicted molar refractivity (Wildman–Crippen MR) is 204 cm³/mol. The first-order chi connectivity index (χ1) is 24.3. The Labute approximate surface area is 281 Å². The molecule has 0 saturated carbocycles. The van der Waals surface area contributed by atoms with Crippen LogP contribution in [0.4, 0.5) is 0 Å². The van der Waals surface area contributed by atoms with E-state index in [-0.39, 0.29) is 0 Å². The molecule has 0 amide bonds. The highest BCUT2D eigenvalue weighted by Crippen LogP contribution is 2.40. The number of imidazole rings is 1. The van der Waals surface area contributed by atoms with Crippen molar-refractivity contribution in [3.63, 3.8) is 0 Å². The van der Waals surface area contributed by atoms with E-state index in [4.69, 9.17) is 4.98 Å². The van der Waals surface area contributed by atoms with Crippen LogP contribution in [0, 0.1) is 0 Å². The Morgan fingerprint density at radius 3 is 1.80 bits per heavy atom. The molecule has 4 heterocycles. The van der Waals surface area contributed by atoms with Crippen LogP contribution in [-0.2, 0) is 0 Å². The third kappa shape index (κ3) is 3.71. The van der Waals surface area contributed by atoms with Crippen LogP contribution in [0.25, 0.3) is 93.7 Å². The molecule has 4 nitrogen and oxygen atoms in total. The van der Waals surface area contributed by atoms with Crippen LogP contribution in [0.2, 0.25) is 0 Å². The van der Waals surface area contributed by atoms with Crippen LogP contribution in [0.3, 0.4) is 0 Å². The topological polar surface area (TPSA) is 27.2 Å². The maximum atomic E-state index is 5.18. The summed E-state index contributed by atoms with van der Waals surface area (Å²) in [7, 11) is 0. The molecule has 11 rings (SSSR count). The number of rotatable bonds is 3. The number of pyridine rings is 1. The van der Waals surface area contributed by atoms with Gasteiger partial charge in [0.25, 0.3) is 0 Å². The van der Waals surface area contributed by atoms with Crippen molar-refractivity contribution in [1.29, 1.82) is 0 Å². The first-order valence-corrected chi connectivity index (χ1v) is 16.7. The maximum Gasteiger partial charge on any atom is 0.145 e. The molecule has 49 heavy (non-hydrogen) atoms.